The topological polar surface area (TPSA) is 109 Å². The maximum Gasteiger partial charge on any atom is 0.251 e. The molecule has 2 heterocycles. The molecule has 3 N–H and O–H groups in total. The SMILES string of the molecule is C[C@H]1[C@@H](CSc2ncn[nH]2)O[C@@H](c2ccc(-c3ccccc3CNC(=O)c3ccccc3)cc2)O[C@H]1c1ccc(CO)cc1. The Morgan fingerprint density at radius 3 is 2.36 bits per heavy atom. The summed E-state index contributed by atoms with van der Waals surface area (Å²) in [5, 5.41) is 20.2. The lowest BCUT2D eigenvalue weighted by Gasteiger charge is -2.41. The van der Waals surface area contributed by atoms with Crippen molar-refractivity contribution in [2.45, 2.75) is 43.7 Å². The summed E-state index contributed by atoms with van der Waals surface area (Å²) in [6.07, 6.45) is 0.626. The van der Waals surface area contributed by atoms with Gasteiger partial charge >= 0.3 is 0 Å². The van der Waals surface area contributed by atoms with E-state index in [1.165, 1.54) is 6.33 Å². The summed E-state index contributed by atoms with van der Waals surface area (Å²) in [7, 11) is 0. The largest absolute Gasteiger partial charge is 0.392 e. The van der Waals surface area contributed by atoms with Crippen molar-refractivity contribution >= 4 is 17.7 Å². The zero-order chi connectivity index (χ0) is 30.3. The highest BCUT2D eigenvalue weighted by molar-refractivity contribution is 7.99. The highest BCUT2D eigenvalue weighted by Gasteiger charge is 2.38. The van der Waals surface area contributed by atoms with Crippen molar-refractivity contribution in [3.63, 3.8) is 0 Å². The van der Waals surface area contributed by atoms with Crippen LogP contribution in [-0.2, 0) is 22.6 Å². The van der Waals surface area contributed by atoms with Crippen molar-refractivity contribution in [2.24, 2.45) is 5.92 Å². The average molecular weight is 607 g/mol. The van der Waals surface area contributed by atoms with Crippen LogP contribution in [0.15, 0.2) is 115 Å². The number of nitrogens with zero attached hydrogens (tertiary/aromatic N) is 2. The van der Waals surface area contributed by atoms with Gasteiger partial charge in [0.25, 0.3) is 5.91 Å². The van der Waals surface area contributed by atoms with Crippen LogP contribution in [0.25, 0.3) is 11.1 Å². The second-order valence-corrected chi connectivity index (χ2v) is 11.8. The first-order chi connectivity index (χ1) is 21.6. The third-order valence-corrected chi connectivity index (χ3v) is 8.85. The zero-order valence-electron chi connectivity index (χ0n) is 24.3. The number of hydrogen-bond donors (Lipinski definition) is 3. The fraction of sp³-hybridized carbons (Fsp3) is 0.229. The first-order valence-electron chi connectivity index (χ1n) is 14.6. The van der Waals surface area contributed by atoms with Crippen LogP contribution >= 0.6 is 11.8 Å². The Morgan fingerprint density at radius 2 is 1.64 bits per heavy atom. The molecule has 1 fully saturated rings. The fourth-order valence-electron chi connectivity index (χ4n) is 5.38. The second kappa shape index (κ2) is 14.0. The number of benzene rings is 4. The predicted octanol–water partition coefficient (Wildman–Crippen LogP) is 6.48. The van der Waals surface area contributed by atoms with Crippen molar-refractivity contribution in [3.05, 3.63) is 137 Å². The summed E-state index contributed by atoms with van der Waals surface area (Å²) in [4.78, 5) is 16.9. The van der Waals surface area contributed by atoms with E-state index in [0.717, 1.165) is 38.5 Å². The minimum Gasteiger partial charge on any atom is -0.392 e. The van der Waals surface area contributed by atoms with Gasteiger partial charge < -0.3 is 19.9 Å². The molecular formula is C35H34N4O4S. The van der Waals surface area contributed by atoms with Gasteiger partial charge in [0.2, 0.25) is 0 Å². The fourth-order valence-corrected chi connectivity index (χ4v) is 6.32. The molecule has 1 aliphatic heterocycles. The summed E-state index contributed by atoms with van der Waals surface area (Å²) in [5.41, 5.74) is 6.57. The van der Waals surface area contributed by atoms with E-state index in [0.29, 0.717) is 17.9 Å². The van der Waals surface area contributed by atoms with Gasteiger partial charge in [-0.25, -0.2) is 4.98 Å². The molecule has 0 bridgehead atoms. The van der Waals surface area contributed by atoms with Crippen molar-refractivity contribution in [1.29, 1.82) is 0 Å². The Morgan fingerprint density at radius 1 is 0.909 bits per heavy atom. The molecule has 6 rings (SSSR count). The molecule has 0 radical (unpaired) electrons. The van der Waals surface area contributed by atoms with E-state index in [-0.39, 0.29) is 30.6 Å². The number of carbonyl (C=O) groups is 1. The minimum atomic E-state index is -0.566. The van der Waals surface area contributed by atoms with Crippen molar-refractivity contribution < 1.29 is 19.4 Å². The third kappa shape index (κ3) is 6.92. The smallest absolute Gasteiger partial charge is 0.251 e. The van der Waals surface area contributed by atoms with Gasteiger partial charge in [-0.1, -0.05) is 110 Å². The molecule has 8 nitrogen and oxygen atoms in total. The Hall–Kier alpha value is -4.28. The molecule has 224 valence electrons. The third-order valence-electron chi connectivity index (χ3n) is 7.89. The normalized spacial score (nSPS) is 19.9. The number of H-pyrrole nitrogens is 1. The molecule has 1 aliphatic rings. The molecule has 1 saturated heterocycles. The molecular weight excluding hydrogens is 572 g/mol. The van der Waals surface area contributed by atoms with E-state index >= 15 is 0 Å². The van der Waals surface area contributed by atoms with E-state index < -0.39 is 6.29 Å². The van der Waals surface area contributed by atoms with Crippen LogP contribution in [0.1, 0.15) is 51.9 Å². The number of hydrogen-bond acceptors (Lipinski definition) is 7. The Labute approximate surface area is 260 Å². The van der Waals surface area contributed by atoms with Gasteiger partial charge in [-0.15, -0.1) is 0 Å². The van der Waals surface area contributed by atoms with Gasteiger partial charge in [-0.05, 0) is 39.9 Å². The van der Waals surface area contributed by atoms with Gasteiger partial charge in [0, 0.05) is 29.3 Å². The molecule has 0 saturated carbocycles. The molecule has 5 aromatic rings. The van der Waals surface area contributed by atoms with Crippen molar-refractivity contribution in [3.8, 4) is 11.1 Å². The first kappa shape index (κ1) is 29.8. The number of rotatable bonds is 10. The molecule has 0 aliphatic carbocycles. The number of aliphatic hydroxyl groups is 1. The molecule has 44 heavy (non-hydrogen) atoms. The molecule has 0 spiro atoms. The summed E-state index contributed by atoms with van der Waals surface area (Å²) in [5.74, 6) is 0.647. The average Bonchev–Trinajstić information content (AvgIpc) is 3.61. The van der Waals surface area contributed by atoms with Crippen LogP contribution in [0.3, 0.4) is 0 Å². The molecule has 4 aromatic carbocycles. The lowest BCUT2D eigenvalue weighted by Crippen LogP contribution is -2.38. The van der Waals surface area contributed by atoms with Crippen LogP contribution in [0.5, 0.6) is 0 Å². The van der Waals surface area contributed by atoms with Gasteiger partial charge in [-0.2, -0.15) is 5.10 Å². The number of nitrogens with one attached hydrogen (secondary N) is 2. The van der Waals surface area contributed by atoms with Crippen molar-refractivity contribution in [2.75, 3.05) is 5.75 Å². The second-order valence-electron chi connectivity index (χ2n) is 10.8. The van der Waals surface area contributed by atoms with Crippen LogP contribution in [-0.4, -0.2) is 38.1 Å². The van der Waals surface area contributed by atoms with Crippen molar-refractivity contribution in [1.82, 2.24) is 20.5 Å². The van der Waals surface area contributed by atoms with Crippen LogP contribution < -0.4 is 5.32 Å². The molecule has 1 aromatic heterocycles. The Balaban J connectivity index is 1.21. The van der Waals surface area contributed by atoms with E-state index in [9.17, 15) is 9.90 Å². The lowest BCUT2D eigenvalue weighted by molar-refractivity contribution is -0.268. The first-order valence-corrected chi connectivity index (χ1v) is 15.6. The number of ether oxygens (including phenoxy) is 2. The summed E-state index contributed by atoms with van der Waals surface area (Å²) >= 11 is 1.57. The summed E-state index contributed by atoms with van der Waals surface area (Å²) in [6, 6.07) is 33.5. The lowest BCUT2D eigenvalue weighted by atomic mass is 9.91. The highest BCUT2D eigenvalue weighted by Crippen LogP contribution is 2.43. The van der Waals surface area contributed by atoms with Crippen LogP contribution in [0, 0.1) is 5.92 Å². The Kier molecular flexibility index (Phi) is 9.48. The summed E-state index contributed by atoms with van der Waals surface area (Å²) in [6.45, 7) is 2.56. The van der Waals surface area contributed by atoms with Gasteiger partial charge in [0.15, 0.2) is 11.4 Å². The van der Waals surface area contributed by atoms with E-state index in [4.69, 9.17) is 9.47 Å². The maximum absolute atomic E-state index is 12.6. The Bertz CT molecular complexity index is 1650. The zero-order valence-corrected chi connectivity index (χ0v) is 25.1. The minimum absolute atomic E-state index is 0.00157. The standard InChI is InChI=1S/C35H34N4O4S/c1-23-31(21-44-35-37-22-38-39-35)42-34(43-32(23)26-13-11-24(20-40)12-14-26)28-17-15-25(16-18-28)30-10-6-5-9-29(30)19-36-33(41)27-7-3-2-4-8-27/h2-18,22-23,31-32,34,40H,19-21H2,1H3,(H,36,41)(H,37,38,39)/t23-,31+,32+,34+/m0/s1. The molecule has 1 amide bonds. The number of aliphatic hydroxyl groups excluding tert-OH is 1. The number of aromatic nitrogens is 3. The molecule has 0 unspecified atom stereocenters. The van der Waals surface area contributed by atoms with Crippen LogP contribution in [0.2, 0.25) is 0 Å². The summed E-state index contributed by atoms with van der Waals surface area (Å²) < 4.78 is 13.2. The van der Waals surface area contributed by atoms with E-state index in [1.54, 1.807) is 11.8 Å². The van der Waals surface area contributed by atoms with Gasteiger partial charge in [0.05, 0.1) is 18.8 Å². The molecule has 9 heteroatoms. The van der Waals surface area contributed by atoms with E-state index in [2.05, 4.69) is 45.6 Å². The maximum atomic E-state index is 12.6. The predicted molar refractivity (Wildman–Crippen MR) is 170 cm³/mol. The monoisotopic (exact) mass is 606 g/mol. The molecule has 4 atom stereocenters. The van der Waals surface area contributed by atoms with Crippen LogP contribution in [0.4, 0.5) is 0 Å². The number of amides is 1. The number of carbonyl (C=O) groups excluding carboxylic acids is 1. The quantitative estimate of drug-likeness (QED) is 0.156. The van der Waals surface area contributed by atoms with Gasteiger partial charge in [0.1, 0.15) is 6.33 Å². The highest BCUT2D eigenvalue weighted by atomic mass is 32.2. The van der Waals surface area contributed by atoms with E-state index in [1.807, 2.05) is 84.9 Å². The number of aromatic amines is 1. The van der Waals surface area contributed by atoms with Gasteiger partial charge in [-0.3, -0.25) is 9.89 Å². The number of thioether (sulfide) groups is 1.